The molecule has 226 valence electrons. The highest BCUT2D eigenvalue weighted by Crippen LogP contribution is 2.40. The Balaban J connectivity index is 1.12. The molecule has 0 unspecified atom stereocenters. The highest BCUT2D eigenvalue weighted by atomic mass is 16.3. The van der Waals surface area contributed by atoms with Crippen LogP contribution in [0.3, 0.4) is 0 Å². The number of hydrogen-bond acceptors (Lipinski definition) is 3. The number of rotatable bonds is 6. The lowest BCUT2D eigenvalue weighted by molar-refractivity contribution is 0.623. The smallest absolute Gasteiger partial charge is 0.227 e. The van der Waals surface area contributed by atoms with Gasteiger partial charge < -0.3 is 9.32 Å². The fourth-order valence-corrected chi connectivity index (χ4v) is 6.72. The van der Waals surface area contributed by atoms with Gasteiger partial charge >= 0.3 is 0 Å². The molecule has 0 radical (unpaired) electrons. The normalized spacial score (nSPS) is 11.3. The molecular weight excluding hydrogens is 585 g/mol. The number of oxazole rings is 1. The van der Waals surface area contributed by atoms with Crippen LogP contribution in [0.1, 0.15) is 0 Å². The van der Waals surface area contributed by atoms with Crippen molar-refractivity contribution in [3.63, 3.8) is 0 Å². The molecule has 0 spiro atoms. The van der Waals surface area contributed by atoms with Crippen molar-refractivity contribution in [3.8, 4) is 33.7 Å². The first-order valence-corrected chi connectivity index (χ1v) is 16.2. The minimum Gasteiger partial charge on any atom is -0.435 e. The topological polar surface area (TPSA) is 29.3 Å². The van der Waals surface area contributed by atoms with E-state index in [0.717, 1.165) is 44.5 Å². The molecule has 0 aliphatic heterocycles. The molecule has 9 rings (SSSR count). The largest absolute Gasteiger partial charge is 0.435 e. The van der Waals surface area contributed by atoms with Crippen LogP contribution in [0, 0.1) is 0 Å². The van der Waals surface area contributed by atoms with Crippen molar-refractivity contribution in [1.29, 1.82) is 0 Å². The lowest BCUT2D eigenvalue weighted by Gasteiger charge is -2.26. The van der Waals surface area contributed by atoms with Crippen LogP contribution in [0.4, 0.5) is 17.1 Å². The average molecular weight is 615 g/mol. The summed E-state index contributed by atoms with van der Waals surface area (Å²) in [4.78, 5) is 7.34. The first-order valence-electron chi connectivity index (χ1n) is 16.2. The first kappa shape index (κ1) is 27.8. The number of benzene rings is 8. The molecule has 0 saturated heterocycles. The Morgan fingerprint density at radius 1 is 0.333 bits per heavy atom. The summed E-state index contributed by atoms with van der Waals surface area (Å²) < 4.78 is 6.53. The molecule has 0 fully saturated rings. The Hall–Kier alpha value is -6.45. The summed E-state index contributed by atoms with van der Waals surface area (Å²) in [5.74, 6) is 0.615. The maximum Gasteiger partial charge on any atom is 0.227 e. The van der Waals surface area contributed by atoms with E-state index in [2.05, 4.69) is 175 Å². The maximum absolute atomic E-state index is 6.53. The molecular formula is C45H30N2O. The molecule has 0 N–H and O–H groups in total. The summed E-state index contributed by atoms with van der Waals surface area (Å²) in [5.41, 5.74) is 10.6. The third-order valence-corrected chi connectivity index (χ3v) is 9.11. The van der Waals surface area contributed by atoms with Crippen LogP contribution < -0.4 is 4.90 Å². The van der Waals surface area contributed by atoms with E-state index in [-0.39, 0.29) is 0 Å². The van der Waals surface area contributed by atoms with Crippen LogP contribution in [-0.2, 0) is 0 Å². The molecule has 0 aliphatic carbocycles. The van der Waals surface area contributed by atoms with Gasteiger partial charge in [0.25, 0.3) is 0 Å². The van der Waals surface area contributed by atoms with Gasteiger partial charge in [-0.15, -0.1) is 0 Å². The van der Waals surface area contributed by atoms with Gasteiger partial charge in [0.2, 0.25) is 5.89 Å². The standard InChI is InChI=1S/C45H30N2O/c1-3-11-31(12-4-1)33-19-25-36(26-20-33)47(37-27-21-34(22-28-37)32-13-5-2-6-14-32)38-29-23-35(24-30-38)45-46-43-41-17-9-7-15-39(41)40-16-8-10-18-42(40)44(43)48-45/h1-30H. The van der Waals surface area contributed by atoms with Crippen molar-refractivity contribution < 1.29 is 4.42 Å². The van der Waals surface area contributed by atoms with Crippen LogP contribution in [0.25, 0.3) is 66.4 Å². The average Bonchev–Trinajstić information content (AvgIpc) is 3.63. The molecule has 1 heterocycles. The van der Waals surface area contributed by atoms with Crippen molar-refractivity contribution >= 4 is 49.7 Å². The van der Waals surface area contributed by atoms with Crippen LogP contribution in [0.5, 0.6) is 0 Å². The zero-order chi connectivity index (χ0) is 31.9. The SMILES string of the molecule is c1ccc(-c2ccc(N(c3ccc(-c4ccccc4)cc3)c3ccc(-c4nc5c6ccccc6c6ccccc6c5o4)cc3)cc2)cc1. The van der Waals surface area contributed by atoms with E-state index in [4.69, 9.17) is 9.40 Å². The van der Waals surface area contributed by atoms with E-state index in [1.165, 1.54) is 33.0 Å². The Labute approximate surface area is 279 Å². The quantitative estimate of drug-likeness (QED) is 0.175. The molecule has 0 amide bonds. The van der Waals surface area contributed by atoms with Crippen LogP contribution >= 0.6 is 0 Å². The van der Waals surface area contributed by atoms with Gasteiger partial charge in [-0.1, -0.05) is 133 Å². The third kappa shape index (κ3) is 4.90. The van der Waals surface area contributed by atoms with E-state index >= 15 is 0 Å². The number of nitrogens with zero attached hydrogens (tertiary/aromatic N) is 2. The highest BCUT2D eigenvalue weighted by molar-refractivity contribution is 6.22. The lowest BCUT2D eigenvalue weighted by atomic mass is 10.0. The van der Waals surface area contributed by atoms with E-state index in [1.807, 2.05) is 12.1 Å². The van der Waals surface area contributed by atoms with Gasteiger partial charge in [0.15, 0.2) is 5.58 Å². The number of anilines is 3. The fraction of sp³-hybridized carbons (Fsp3) is 0. The van der Waals surface area contributed by atoms with Crippen molar-refractivity contribution in [2.45, 2.75) is 0 Å². The third-order valence-electron chi connectivity index (χ3n) is 9.11. The summed E-state index contributed by atoms with van der Waals surface area (Å²) >= 11 is 0. The van der Waals surface area contributed by atoms with E-state index in [1.54, 1.807) is 0 Å². The Morgan fingerprint density at radius 3 is 1.21 bits per heavy atom. The second-order valence-electron chi connectivity index (χ2n) is 12.0. The first-order chi connectivity index (χ1) is 23.8. The summed E-state index contributed by atoms with van der Waals surface area (Å²) in [6.07, 6.45) is 0. The van der Waals surface area contributed by atoms with Crippen molar-refractivity contribution in [1.82, 2.24) is 4.98 Å². The predicted octanol–water partition coefficient (Wildman–Crippen LogP) is 12.6. The van der Waals surface area contributed by atoms with Gasteiger partial charge in [-0.3, -0.25) is 0 Å². The molecule has 0 saturated carbocycles. The van der Waals surface area contributed by atoms with Crippen molar-refractivity contribution in [3.05, 3.63) is 182 Å². The molecule has 1 aromatic heterocycles. The second-order valence-corrected chi connectivity index (χ2v) is 12.0. The van der Waals surface area contributed by atoms with Crippen LogP contribution in [0.15, 0.2) is 186 Å². The molecule has 3 heteroatoms. The van der Waals surface area contributed by atoms with E-state index in [9.17, 15) is 0 Å². The number of fused-ring (bicyclic) bond motifs is 6. The number of hydrogen-bond donors (Lipinski definition) is 0. The van der Waals surface area contributed by atoms with Crippen LogP contribution in [-0.4, -0.2) is 4.98 Å². The minimum atomic E-state index is 0.615. The Bertz CT molecular complexity index is 2360. The molecule has 0 aliphatic rings. The number of aromatic nitrogens is 1. The Kier molecular flexibility index (Phi) is 6.80. The van der Waals surface area contributed by atoms with Gasteiger partial charge in [0, 0.05) is 33.4 Å². The monoisotopic (exact) mass is 614 g/mol. The lowest BCUT2D eigenvalue weighted by Crippen LogP contribution is -2.09. The van der Waals surface area contributed by atoms with Gasteiger partial charge in [-0.05, 0) is 81.6 Å². The Morgan fingerprint density at radius 2 is 0.708 bits per heavy atom. The molecule has 3 nitrogen and oxygen atoms in total. The molecule has 8 aromatic carbocycles. The minimum absolute atomic E-state index is 0.615. The maximum atomic E-state index is 6.53. The zero-order valence-electron chi connectivity index (χ0n) is 26.1. The van der Waals surface area contributed by atoms with E-state index < -0.39 is 0 Å². The molecule has 0 atom stereocenters. The predicted molar refractivity (Wildman–Crippen MR) is 200 cm³/mol. The summed E-state index contributed by atoms with van der Waals surface area (Å²) in [7, 11) is 0. The van der Waals surface area contributed by atoms with Gasteiger partial charge in [0.1, 0.15) is 5.52 Å². The zero-order valence-corrected chi connectivity index (χ0v) is 26.1. The second kappa shape index (κ2) is 11.7. The van der Waals surface area contributed by atoms with Gasteiger partial charge in [-0.25, -0.2) is 4.98 Å². The molecule has 9 aromatic rings. The molecule has 48 heavy (non-hydrogen) atoms. The fourth-order valence-electron chi connectivity index (χ4n) is 6.72. The van der Waals surface area contributed by atoms with E-state index in [0.29, 0.717) is 5.89 Å². The van der Waals surface area contributed by atoms with Crippen molar-refractivity contribution in [2.24, 2.45) is 0 Å². The van der Waals surface area contributed by atoms with Gasteiger partial charge in [0.05, 0.1) is 0 Å². The summed E-state index contributed by atoms with van der Waals surface area (Å²) in [6, 6.07) is 63.9. The van der Waals surface area contributed by atoms with Crippen molar-refractivity contribution in [2.75, 3.05) is 4.90 Å². The summed E-state index contributed by atoms with van der Waals surface area (Å²) in [5, 5.41) is 4.53. The van der Waals surface area contributed by atoms with Gasteiger partial charge in [-0.2, -0.15) is 0 Å². The highest BCUT2D eigenvalue weighted by Gasteiger charge is 2.18. The summed E-state index contributed by atoms with van der Waals surface area (Å²) in [6.45, 7) is 0. The van der Waals surface area contributed by atoms with Crippen LogP contribution in [0.2, 0.25) is 0 Å². The molecule has 0 bridgehead atoms.